The van der Waals surface area contributed by atoms with Crippen molar-refractivity contribution in [2.45, 2.75) is 20.3 Å². The Balaban J connectivity index is 1.51. The van der Waals surface area contributed by atoms with Crippen molar-refractivity contribution >= 4 is 34.0 Å². The number of nitro groups is 1. The third-order valence-corrected chi connectivity index (χ3v) is 5.97. The minimum atomic E-state index is -0.622. The molecule has 9 heteroatoms. The van der Waals surface area contributed by atoms with Gasteiger partial charge in [0.1, 0.15) is 5.75 Å². The van der Waals surface area contributed by atoms with Gasteiger partial charge in [-0.2, -0.15) is 0 Å². The fourth-order valence-corrected chi connectivity index (χ4v) is 3.94. The van der Waals surface area contributed by atoms with E-state index in [1.165, 1.54) is 36.4 Å². The summed E-state index contributed by atoms with van der Waals surface area (Å²) in [6.07, 6.45) is 0.529. The van der Waals surface area contributed by atoms with Crippen LogP contribution < -0.4 is 20.5 Å². The van der Waals surface area contributed by atoms with Gasteiger partial charge in [-0.3, -0.25) is 19.7 Å². The van der Waals surface area contributed by atoms with Crippen LogP contribution in [0.3, 0.4) is 0 Å². The lowest BCUT2D eigenvalue weighted by atomic mass is 10.1. The second-order valence-electron chi connectivity index (χ2n) is 9.45. The maximum absolute atomic E-state index is 13.1. The van der Waals surface area contributed by atoms with Crippen LogP contribution in [0, 0.1) is 16.0 Å². The Morgan fingerprint density at radius 3 is 2.33 bits per heavy atom. The fraction of sp³-hybridized carbons (Fsp3) is 0.200. The van der Waals surface area contributed by atoms with Crippen LogP contribution in [0.25, 0.3) is 10.8 Å². The minimum absolute atomic E-state index is 0.00574. The van der Waals surface area contributed by atoms with E-state index >= 15 is 0 Å². The second-order valence-corrected chi connectivity index (χ2v) is 9.45. The van der Waals surface area contributed by atoms with Gasteiger partial charge in [0.05, 0.1) is 23.8 Å². The number of hydrogen-bond donors (Lipinski definition) is 2. The molecule has 0 aromatic heterocycles. The first-order valence-electron chi connectivity index (χ1n) is 12.5. The molecule has 39 heavy (non-hydrogen) atoms. The van der Waals surface area contributed by atoms with Crippen LogP contribution in [0.2, 0.25) is 0 Å². The molecule has 0 aliphatic carbocycles. The van der Waals surface area contributed by atoms with Crippen molar-refractivity contribution in [2.75, 3.05) is 18.5 Å². The molecular formula is C30H29N3O6. The first-order valence-corrected chi connectivity index (χ1v) is 12.5. The second kappa shape index (κ2) is 12.1. The molecule has 3 N–H and O–H groups in total. The number of nitrogens with one attached hydrogen (secondary N) is 1. The van der Waals surface area contributed by atoms with Crippen LogP contribution in [-0.4, -0.2) is 30.0 Å². The molecule has 0 saturated heterocycles. The van der Waals surface area contributed by atoms with Gasteiger partial charge in [-0.1, -0.05) is 56.3 Å². The lowest BCUT2D eigenvalue weighted by Crippen LogP contribution is -2.16. The van der Waals surface area contributed by atoms with E-state index in [1.54, 1.807) is 0 Å². The molecule has 4 aromatic rings. The number of benzene rings is 4. The highest BCUT2D eigenvalue weighted by Crippen LogP contribution is 2.31. The van der Waals surface area contributed by atoms with Gasteiger partial charge in [-0.05, 0) is 46.5 Å². The SMILES string of the molecule is CC(C)COc1cc(C(N)=O)ccc1NC(=O)c1ccc([N+](=O)[O-])c(OCCc2ccc3ccccc3c2)c1. The van der Waals surface area contributed by atoms with Gasteiger partial charge in [0.25, 0.3) is 5.91 Å². The topological polar surface area (TPSA) is 134 Å². The molecule has 4 rings (SSSR count). The summed E-state index contributed by atoms with van der Waals surface area (Å²) in [5, 5.41) is 16.6. The van der Waals surface area contributed by atoms with Gasteiger partial charge in [0.15, 0.2) is 5.75 Å². The molecule has 0 aliphatic rings. The van der Waals surface area contributed by atoms with E-state index in [4.69, 9.17) is 15.2 Å². The third kappa shape index (κ3) is 6.89. The van der Waals surface area contributed by atoms with Crippen LogP contribution >= 0.6 is 0 Å². The van der Waals surface area contributed by atoms with Gasteiger partial charge < -0.3 is 20.5 Å². The van der Waals surface area contributed by atoms with E-state index < -0.39 is 16.7 Å². The Bertz CT molecular complexity index is 1530. The smallest absolute Gasteiger partial charge is 0.310 e. The Labute approximate surface area is 225 Å². The van der Waals surface area contributed by atoms with Crippen LogP contribution in [0.5, 0.6) is 11.5 Å². The zero-order chi connectivity index (χ0) is 27.9. The molecule has 0 atom stereocenters. The van der Waals surface area contributed by atoms with Crippen molar-refractivity contribution in [3.05, 3.63) is 106 Å². The molecule has 2 amide bonds. The standard InChI is InChI=1S/C30H29N3O6/c1-19(2)18-39-27-16-23(29(31)34)9-11-25(27)32-30(35)24-10-12-26(33(36)37)28(17-24)38-14-13-20-7-8-21-5-3-4-6-22(21)15-20/h3-12,15-17,19H,13-14,18H2,1-2H3,(H2,31,34)(H,32,35). The highest BCUT2D eigenvalue weighted by Gasteiger charge is 2.20. The summed E-state index contributed by atoms with van der Waals surface area (Å²) in [5.74, 6) is -0.653. The number of carbonyl (C=O) groups excluding carboxylic acids is 2. The van der Waals surface area contributed by atoms with Crippen LogP contribution in [0.4, 0.5) is 11.4 Å². The number of nitrogens with two attached hydrogens (primary N) is 1. The Kier molecular flexibility index (Phi) is 8.40. The quantitative estimate of drug-likeness (QED) is 0.188. The number of anilines is 1. The highest BCUT2D eigenvalue weighted by atomic mass is 16.6. The van der Waals surface area contributed by atoms with Gasteiger partial charge in [0, 0.05) is 29.7 Å². The van der Waals surface area contributed by atoms with Gasteiger partial charge in [-0.15, -0.1) is 0 Å². The summed E-state index contributed by atoms with van der Waals surface area (Å²) in [6, 6.07) is 22.5. The van der Waals surface area contributed by atoms with Crippen LogP contribution in [0.15, 0.2) is 78.9 Å². The molecule has 0 unspecified atom stereocenters. The summed E-state index contributed by atoms with van der Waals surface area (Å²) >= 11 is 0. The highest BCUT2D eigenvalue weighted by molar-refractivity contribution is 6.06. The number of rotatable bonds is 11. The van der Waals surface area contributed by atoms with Crippen molar-refractivity contribution in [2.24, 2.45) is 11.7 Å². The zero-order valence-electron chi connectivity index (χ0n) is 21.7. The number of carbonyl (C=O) groups is 2. The summed E-state index contributed by atoms with van der Waals surface area (Å²) in [4.78, 5) is 35.8. The van der Waals surface area contributed by atoms with Gasteiger partial charge in [0.2, 0.25) is 5.91 Å². The molecule has 4 aromatic carbocycles. The van der Waals surface area contributed by atoms with Crippen molar-refractivity contribution in [1.29, 1.82) is 0 Å². The maximum atomic E-state index is 13.1. The number of nitrogens with zero attached hydrogens (tertiary/aromatic N) is 1. The zero-order valence-corrected chi connectivity index (χ0v) is 21.7. The normalized spacial score (nSPS) is 10.8. The number of amides is 2. The molecule has 0 bridgehead atoms. The van der Waals surface area contributed by atoms with E-state index in [0.29, 0.717) is 24.5 Å². The van der Waals surface area contributed by atoms with Crippen LogP contribution in [-0.2, 0) is 6.42 Å². The summed E-state index contributed by atoms with van der Waals surface area (Å²) in [6.45, 7) is 4.48. The van der Waals surface area contributed by atoms with Gasteiger partial charge in [-0.25, -0.2) is 0 Å². The number of primary amides is 1. The Morgan fingerprint density at radius 2 is 1.62 bits per heavy atom. The van der Waals surface area contributed by atoms with Crippen molar-refractivity contribution in [1.82, 2.24) is 0 Å². The van der Waals surface area contributed by atoms with Gasteiger partial charge >= 0.3 is 5.69 Å². The largest absolute Gasteiger partial charge is 0.491 e. The van der Waals surface area contributed by atoms with Crippen molar-refractivity contribution in [3.8, 4) is 11.5 Å². The Morgan fingerprint density at radius 1 is 0.897 bits per heavy atom. The maximum Gasteiger partial charge on any atom is 0.310 e. The summed E-state index contributed by atoms with van der Waals surface area (Å²) < 4.78 is 11.6. The van der Waals surface area contributed by atoms with E-state index in [0.717, 1.165) is 16.3 Å². The van der Waals surface area contributed by atoms with E-state index in [2.05, 4.69) is 11.4 Å². The Hall–Kier alpha value is -4.92. The molecule has 0 fully saturated rings. The first-order chi connectivity index (χ1) is 18.7. The number of nitro benzene ring substituents is 1. The van der Waals surface area contributed by atoms with E-state index in [1.807, 2.05) is 50.2 Å². The predicted molar refractivity (Wildman–Crippen MR) is 149 cm³/mol. The molecule has 0 saturated carbocycles. The minimum Gasteiger partial charge on any atom is -0.491 e. The van der Waals surface area contributed by atoms with E-state index in [9.17, 15) is 19.7 Å². The average molecular weight is 528 g/mol. The molecule has 200 valence electrons. The number of hydrogen-bond acceptors (Lipinski definition) is 6. The van der Waals surface area contributed by atoms with Crippen LogP contribution in [0.1, 0.15) is 40.1 Å². The molecule has 9 nitrogen and oxygen atoms in total. The number of ether oxygens (including phenoxy) is 2. The third-order valence-electron chi connectivity index (χ3n) is 5.97. The lowest BCUT2D eigenvalue weighted by Gasteiger charge is -2.15. The molecule has 0 heterocycles. The molecule has 0 radical (unpaired) electrons. The summed E-state index contributed by atoms with van der Waals surface area (Å²) in [5.41, 5.74) is 6.91. The molecule has 0 spiro atoms. The van der Waals surface area contributed by atoms with Crippen molar-refractivity contribution < 1.29 is 24.0 Å². The molecular weight excluding hydrogens is 498 g/mol. The first kappa shape index (κ1) is 27.1. The lowest BCUT2D eigenvalue weighted by molar-refractivity contribution is -0.385. The van der Waals surface area contributed by atoms with Crippen molar-refractivity contribution in [3.63, 3.8) is 0 Å². The predicted octanol–water partition coefficient (Wildman–Crippen LogP) is 5.76. The average Bonchev–Trinajstić information content (AvgIpc) is 2.92. The fourth-order valence-electron chi connectivity index (χ4n) is 3.94. The van der Waals surface area contributed by atoms with E-state index in [-0.39, 0.29) is 35.1 Å². The number of fused-ring (bicyclic) bond motifs is 1. The molecule has 0 aliphatic heterocycles. The summed E-state index contributed by atoms with van der Waals surface area (Å²) in [7, 11) is 0. The monoisotopic (exact) mass is 527 g/mol.